The number of nitrogens with one attached hydrogen (secondary N) is 1. The minimum atomic E-state index is -0.708. The molecule has 2 rings (SSSR count). The molecule has 1 aliphatic heterocycles. The molecule has 0 fully saturated rings. The minimum Gasteiger partial charge on any atom is -0.486 e. The van der Waals surface area contributed by atoms with Gasteiger partial charge in [0.15, 0.2) is 11.5 Å². The van der Waals surface area contributed by atoms with E-state index in [2.05, 4.69) is 5.32 Å². The van der Waals surface area contributed by atoms with Gasteiger partial charge in [-0.3, -0.25) is 4.79 Å². The van der Waals surface area contributed by atoms with E-state index < -0.39 is 5.38 Å². The molecule has 4 nitrogen and oxygen atoms in total. The molecule has 1 heterocycles. The average molecular weight is 242 g/mol. The highest BCUT2D eigenvalue weighted by atomic mass is 35.5. The van der Waals surface area contributed by atoms with Crippen LogP contribution < -0.4 is 14.8 Å². The van der Waals surface area contributed by atoms with E-state index in [9.17, 15) is 4.79 Å². The summed E-state index contributed by atoms with van der Waals surface area (Å²) in [5, 5.41) is 1.79. The SMILES string of the molecule is CNC(=O)C(Cl)c1ccc2c(c1)OCCO2. The molecule has 1 atom stereocenters. The fourth-order valence-electron chi connectivity index (χ4n) is 1.50. The molecule has 0 radical (unpaired) electrons. The van der Waals surface area contributed by atoms with Crippen molar-refractivity contribution < 1.29 is 14.3 Å². The van der Waals surface area contributed by atoms with E-state index in [0.717, 1.165) is 0 Å². The van der Waals surface area contributed by atoms with Gasteiger partial charge < -0.3 is 14.8 Å². The number of halogens is 1. The molecule has 0 saturated heterocycles. The van der Waals surface area contributed by atoms with Crippen LogP contribution in [0.15, 0.2) is 18.2 Å². The van der Waals surface area contributed by atoms with Crippen LogP contribution in [0.2, 0.25) is 0 Å². The Balaban J connectivity index is 2.26. The third kappa shape index (κ3) is 2.07. The van der Waals surface area contributed by atoms with Crippen molar-refractivity contribution in [2.45, 2.75) is 5.38 Å². The Morgan fingerprint density at radius 3 is 2.75 bits per heavy atom. The van der Waals surface area contributed by atoms with Crippen molar-refractivity contribution in [3.63, 3.8) is 0 Å². The molecule has 1 amide bonds. The van der Waals surface area contributed by atoms with Crippen LogP contribution in [0.1, 0.15) is 10.9 Å². The molecule has 0 spiro atoms. The maximum Gasteiger partial charge on any atom is 0.242 e. The van der Waals surface area contributed by atoms with Crippen LogP contribution in [0.25, 0.3) is 0 Å². The van der Waals surface area contributed by atoms with Gasteiger partial charge in [0.2, 0.25) is 5.91 Å². The zero-order chi connectivity index (χ0) is 11.5. The van der Waals surface area contributed by atoms with Crippen molar-refractivity contribution in [1.29, 1.82) is 0 Å². The number of carbonyl (C=O) groups is 1. The van der Waals surface area contributed by atoms with Crippen LogP contribution >= 0.6 is 11.6 Å². The topological polar surface area (TPSA) is 47.6 Å². The molecule has 0 saturated carbocycles. The van der Waals surface area contributed by atoms with E-state index in [1.54, 1.807) is 25.2 Å². The molecular weight excluding hydrogens is 230 g/mol. The molecule has 1 unspecified atom stereocenters. The smallest absolute Gasteiger partial charge is 0.242 e. The molecule has 1 aliphatic rings. The summed E-state index contributed by atoms with van der Waals surface area (Å²) < 4.78 is 10.8. The first-order valence-electron chi connectivity index (χ1n) is 4.97. The fourth-order valence-corrected chi connectivity index (χ4v) is 1.74. The van der Waals surface area contributed by atoms with Crippen molar-refractivity contribution in [1.82, 2.24) is 5.32 Å². The third-order valence-corrected chi connectivity index (χ3v) is 2.79. The molecule has 0 aromatic heterocycles. The Hall–Kier alpha value is -1.42. The van der Waals surface area contributed by atoms with Crippen LogP contribution in [0.5, 0.6) is 11.5 Å². The van der Waals surface area contributed by atoms with Gasteiger partial charge in [-0.25, -0.2) is 0 Å². The number of hydrogen-bond acceptors (Lipinski definition) is 3. The van der Waals surface area contributed by atoms with Gasteiger partial charge in [0, 0.05) is 7.05 Å². The number of rotatable bonds is 2. The lowest BCUT2D eigenvalue weighted by Crippen LogP contribution is -2.22. The van der Waals surface area contributed by atoms with Crippen LogP contribution in [0.4, 0.5) is 0 Å². The van der Waals surface area contributed by atoms with E-state index in [4.69, 9.17) is 21.1 Å². The summed E-state index contributed by atoms with van der Waals surface area (Å²) in [6.45, 7) is 1.06. The van der Waals surface area contributed by atoms with Crippen molar-refractivity contribution >= 4 is 17.5 Å². The minimum absolute atomic E-state index is 0.238. The zero-order valence-corrected chi connectivity index (χ0v) is 9.58. The van der Waals surface area contributed by atoms with Crippen LogP contribution in [0.3, 0.4) is 0 Å². The van der Waals surface area contributed by atoms with Crippen molar-refractivity contribution in [3.8, 4) is 11.5 Å². The third-order valence-electron chi connectivity index (χ3n) is 2.34. The first-order chi connectivity index (χ1) is 7.72. The van der Waals surface area contributed by atoms with Crippen molar-refractivity contribution in [3.05, 3.63) is 23.8 Å². The Morgan fingerprint density at radius 2 is 2.06 bits per heavy atom. The van der Waals surface area contributed by atoms with Gasteiger partial charge in [0.1, 0.15) is 18.6 Å². The second kappa shape index (κ2) is 4.61. The standard InChI is InChI=1S/C11H12ClNO3/c1-13-11(14)10(12)7-2-3-8-9(6-7)16-5-4-15-8/h2-3,6,10H,4-5H2,1H3,(H,13,14). The molecule has 0 aliphatic carbocycles. The number of likely N-dealkylation sites (N-methyl/N-ethyl adjacent to an activating group) is 1. The number of benzene rings is 1. The Bertz CT molecular complexity index is 408. The van der Waals surface area contributed by atoms with E-state index in [-0.39, 0.29) is 5.91 Å². The molecule has 1 N–H and O–H groups in total. The van der Waals surface area contributed by atoms with Crippen molar-refractivity contribution in [2.24, 2.45) is 0 Å². The fraction of sp³-hybridized carbons (Fsp3) is 0.364. The number of hydrogen-bond donors (Lipinski definition) is 1. The summed E-state index contributed by atoms with van der Waals surface area (Å²) in [6, 6.07) is 5.27. The van der Waals surface area contributed by atoms with E-state index in [1.807, 2.05) is 0 Å². The first-order valence-corrected chi connectivity index (χ1v) is 5.41. The predicted molar refractivity (Wildman–Crippen MR) is 60.1 cm³/mol. The lowest BCUT2D eigenvalue weighted by atomic mass is 10.1. The Kier molecular flexibility index (Phi) is 3.19. The Labute approximate surface area is 98.5 Å². The van der Waals surface area contributed by atoms with Gasteiger partial charge in [-0.05, 0) is 17.7 Å². The molecular formula is C11H12ClNO3. The molecule has 1 aromatic rings. The van der Waals surface area contributed by atoms with Crippen LogP contribution in [0, 0.1) is 0 Å². The van der Waals surface area contributed by atoms with E-state index >= 15 is 0 Å². The number of ether oxygens (including phenoxy) is 2. The second-order valence-corrected chi connectivity index (χ2v) is 3.82. The quantitative estimate of drug-likeness (QED) is 0.798. The Morgan fingerprint density at radius 1 is 1.38 bits per heavy atom. The number of amides is 1. The monoisotopic (exact) mass is 241 g/mol. The van der Waals surface area contributed by atoms with Gasteiger partial charge in [-0.1, -0.05) is 6.07 Å². The molecule has 0 bridgehead atoms. The van der Waals surface area contributed by atoms with Crippen LogP contribution in [-0.2, 0) is 4.79 Å². The van der Waals surface area contributed by atoms with Gasteiger partial charge in [-0.15, -0.1) is 11.6 Å². The molecule has 86 valence electrons. The average Bonchev–Trinajstić information content (AvgIpc) is 2.36. The van der Waals surface area contributed by atoms with Gasteiger partial charge in [0.05, 0.1) is 0 Å². The van der Waals surface area contributed by atoms with Gasteiger partial charge in [0.25, 0.3) is 0 Å². The highest BCUT2D eigenvalue weighted by molar-refractivity contribution is 6.30. The highest BCUT2D eigenvalue weighted by Crippen LogP contribution is 2.34. The van der Waals surface area contributed by atoms with E-state index in [0.29, 0.717) is 30.3 Å². The molecule has 1 aromatic carbocycles. The normalized spacial score (nSPS) is 15.4. The molecule has 16 heavy (non-hydrogen) atoms. The predicted octanol–water partition coefficient (Wildman–Crippen LogP) is 1.48. The number of carbonyl (C=O) groups excluding carboxylic acids is 1. The highest BCUT2D eigenvalue weighted by Gasteiger charge is 2.19. The van der Waals surface area contributed by atoms with Gasteiger partial charge in [-0.2, -0.15) is 0 Å². The maximum absolute atomic E-state index is 11.4. The summed E-state index contributed by atoms with van der Waals surface area (Å²) in [4.78, 5) is 11.4. The summed E-state index contributed by atoms with van der Waals surface area (Å²) in [5.41, 5.74) is 0.699. The largest absolute Gasteiger partial charge is 0.486 e. The lowest BCUT2D eigenvalue weighted by Gasteiger charge is -2.19. The summed E-state index contributed by atoms with van der Waals surface area (Å²) in [5.74, 6) is 1.09. The number of alkyl halides is 1. The van der Waals surface area contributed by atoms with Gasteiger partial charge >= 0.3 is 0 Å². The zero-order valence-electron chi connectivity index (χ0n) is 8.83. The lowest BCUT2D eigenvalue weighted by molar-refractivity contribution is -0.120. The summed E-state index contributed by atoms with van der Waals surface area (Å²) in [7, 11) is 1.55. The van der Waals surface area contributed by atoms with E-state index in [1.165, 1.54) is 0 Å². The summed E-state index contributed by atoms with van der Waals surface area (Å²) >= 11 is 5.99. The summed E-state index contributed by atoms with van der Waals surface area (Å²) in [6.07, 6.45) is 0. The first kappa shape index (κ1) is 11.1. The van der Waals surface area contributed by atoms with Crippen LogP contribution in [-0.4, -0.2) is 26.2 Å². The van der Waals surface area contributed by atoms with Crippen molar-refractivity contribution in [2.75, 3.05) is 20.3 Å². The maximum atomic E-state index is 11.4. The second-order valence-electron chi connectivity index (χ2n) is 3.38. The number of fused-ring (bicyclic) bond motifs is 1. The molecule has 5 heteroatoms.